The van der Waals surface area contributed by atoms with Crippen molar-refractivity contribution in [1.29, 1.82) is 0 Å². The molecule has 1 spiro atoms. The van der Waals surface area contributed by atoms with Crippen LogP contribution in [0.3, 0.4) is 0 Å². The Morgan fingerprint density at radius 3 is 3.08 bits per heavy atom. The number of hydrogen-bond acceptors (Lipinski definition) is 5. The summed E-state index contributed by atoms with van der Waals surface area (Å²) in [7, 11) is 0. The molecule has 5 rings (SSSR count). The largest absolute Gasteiger partial charge is 0.374 e. The van der Waals surface area contributed by atoms with E-state index in [0.29, 0.717) is 34.7 Å². The van der Waals surface area contributed by atoms with Crippen LogP contribution < -0.4 is 5.32 Å². The molecule has 0 aromatic carbocycles. The summed E-state index contributed by atoms with van der Waals surface area (Å²) in [6.07, 6.45) is 8.81. The highest BCUT2D eigenvalue weighted by Gasteiger charge is 2.62. The van der Waals surface area contributed by atoms with Gasteiger partial charge in [-0.3, -0.25) is 4.68 Å². The molecule has 4 unspecified atom stereocenters. The Balaban J connectivity index is 1.41. The Kier molecular flexibility index (Phi) is 3.51. The average molecular weight is 363 g/mol. The van der Waals surface area contributed by atoms with Crippen LogP contribution in [0.4, 0.5) is 14.6 Å². The molecule has 2 aromatic heterocycles. The fourth-order valence-corrected chi connectivity index (χ4v) is 5.31. The Morgan fingerprint density at radius 1 is 1.38 bits per heavy atom. The van der Waals surface area contributed by atoms with Crippen molar-refractivity contribution < 1.29 is 13.5 Å². The molecule has 4 atom stereocenters. The number of rotatable bonds is 4. The summed E-state index contributed by atoms with van der Waals surface area (Å²) in [6, 6.07) is 0.298. The number of ether oxygens (including phenoxy) is 1. The molecule has 3 heterocycles. The first-order valence-corrected chi connectivity index (χ1v) is 9.41. The maximum absolute atomic E-state index is 13.3. The van der Waals surface area contributed by atoms with E-state index in [4.69, 9.17) is 4.74 Å². The van der Waals surface area contributed by atoms with E-state index in [1.54, 1.807) is 6.20 Å². The second-order valence-electron chi connectivity index (χ2n) is 8.13. The summed E-state index contributed by atoms with van der Waals surface area (Å²) in [6.45, 7) is 1.30. The minimum atomic E-state index is -2.82. The van der Waals surface area contributed by atoms with E-state index in [1.807, 2.05) is 0 Å². The normalized spacial score (nSPS) is 33.6. The third-order valence-electron chi connectivity index (χ3n) is 6.39. The molecule has 1 saturated heterocycles. The third-order valence-corrected chi connectivity index (χ3v) is 6.39. The van der Waals surface area contributed by atoms with Gasteiger partial charge in [-0.25, -0.2) is 18.7 Å². The Hall–Kier alpha value is -1.83. The summed E-state index contributed by atoms with van der Waals surface area (Å²) in [5.41, 5.74) is 0.511. The van der Waals surface area contributed by atoms with E-state index >= 15 is 0 Å². The van der Waals surface area contributed by atoms with E-state index in [9.17, 15) is 8.78 Å². The van der Waals surface area contributed by atoms with Crippen LogP contribution in [0.15, 0.2) is 12.5 Å². The Morgan fingerprint density at radius 2 is 2.27 bits per heavy atom. The van der Waals surface area contributed by atoms with Gasteiger partial charge >= 0.3 is 0 Å². The molecule has 0 radical (unpaired) electrons. The van der Waals surface area contributed by atoms with Crippen molar-refractivity contribution in [3.05, 3.63) is 12.5 Å². The molecule has 6 nitrogen and oxygen atoms in total. The third kappa shape index (κ3) is 2.49. The van der Waals surface area contributed by atoms with Crippen LogP contribution in [0.2, 0.25) is 0 Å². The van der Waals surface area contributed by atoms with Crippen molar-refractivity contribution >= 4 is 16.9 Å². The monoisotopic (exact) mass is 363 g/mol. The highest BCUT2D eigenvalue weighted by molar-refractivity contribution is 5.85. The number of nitrogens with zero attached hydrogens (tertiary/aromatic N) is 4. The minimum absolute atomic E-state index is 0.0660. The van der Waals surface area contributed by atoms with Gasteiger partial charge < -0.3 is 10.1 Å². The van der Waals surface area contributed by atoms with Crippen LogP contribution in [0, 0.1) is 11.8 Å². The molecule has 140 valence electrons. The molecule has 26 heavy (non-hydrogen) atoms. The Bertz CT molecular complexity index is 835. The van der Waals surface area contributed by atoms with Gasteiger partial charge in [-0.1, -0.05) is 0 Å². The van der Waals surface area contributed by atoms with Gasteiger partial charge in [0, 0.05) is 31.7 Å². The maximum atomic E-state index is 13.3. The van der Waals surface area contributed by atoms with Gasteiger partial charge in [0.2, 0.25) is 0 Å². The Labute approximate surface area is 150 Å². The molecule has 2 saturated carbocycles. The van der Waals surface area contributed by atoms with Crippen molar-refractivity contribution in [2.75, 3.05) is 11.9 Å². The standard InChI is InChI=1S/C18H23F2N5O/c1-17(19,20)9-25-8-12-15(21-10-22-16(12)24-25)23-14-3-2-5-18-11(4-6-26-18)7-13(14)18/h8,10-11,13-14H,2-7,9H2,1H3,(H,21,22,23,24). The molecule has 2 aliphatic carbocycles. The fourth-order valence-electron chi connectivity index (χ4n) is 5.31. The van der Waals surface area contributed by atoms with Gasteiger partial charge in [0.05, 0.1) is 11.0 Å². The number of alkyl halides is 2. The smallest absolute Gasteiger partial charge is 0.264 e. The van der Waals surface area contributed by atoms with E-state index in [0.717, 1.165) is 32.8 Å². The number of aromatic nitrogens is 4. The highest BCUT2D eigenvalue weighted by Crippen LogP contribution is 2.59. The highest BCUT2D eigenvalue weighted by atomic mass is 19.3. The number of anilines is 1. The molecule has 1 N–H and O–H groups in total. The number of fused-ring (bicyclic) bond motifs is 1. The number of nitrogens with one attached hydrogen (secondary N) is 1. The second-order valence-corrected chi connectivity index (χ2v) is 8.13. The van der Waals surface area contributed by atoms with Crippen LogP contribution in [0.25, 0.3) is 11.0 Å². The zero-order chi connectivity index (χ0) is 17.9. The fraction of sp³-hybridized carbons (Fsp3) is 0.722. The molecule has 0 amide bonds. The topological polar surface area (TPSA) is 64.9 Å². The zero-order valence-electron chi connectivity index (χ0n) is 14.8. The van der Waals surface area contributed by atoms with Crippen LogP contribution in [0.5, 0.6) is 0 Å². The van der Waals surface area contributed by atoms with Gasteiger partial charge in [0.1, 0.15) is 18.7 Å². The first-order chi connectivity index (χ1) is 12.4. The molecular formula is C18H23F2N5O. The van der Waals surface area contributed by atoms with Crippen LogP contribution in [-0.2, 0) is 11.3 Å². The summed E-state index contributed by atoms with van der Waals surface area (Å²) in [5.74, 6) is -0.926. The minimum Gasteiger partial charge on any atom is -0.374 e. The summed E-state index contributed by atoms with van der Waals surface area (Å²) in [5, 5.41) is 8.43. The number of hydrogen-bond donors (Lipinski definition) is 1. The van der Waals surface area contributed by atoms with Crippen molar-refractivity contribution in [1.82, 2.24) is 19.7 Å². The van der Waals surface area contributed by atoms with Gasteiger partial charge in [-0.05, 0) is 38.0 Å². The van der Waals surface area contributed by atoms with Crippen molar-refractivity contribution in [3.63, 3.8) is 0 Å². The van der Waals surface area contributed by atoms with Gasteiger partial charge in [0.25, 0.3) is 5.92 Å². The van der Waals surface area contributed by atoms with Gasteiger partial charge in [0.15, 0.2) is 5.65 Å². The molecule has 8 heteroatoms. The molecule has 3 aliphatic rings. The van der Waals surface area contributed by atoms with Crippen molar-refractivity contribution in [2.24, 2.45) is 11.8 Å². The van der Waals surface area contributed by atoms with E-state index in [-0.39, 0.29) is 5.60 Å². The average Bonchev–Trinajstić information content (AvgIpc) is 3.06. The summed E-state index contributed by atoms with van der Waals surface area (Å²) < 4.78 is 34.1. The molecule has 1 aliphatic heterocycles. The molecule has 0 bridgehead atoms. The van der Waals surface area contributed by atoms with Crippen molar-refractivity contribution in [2.45, 2.75) is 63.1 Å². The first-order valence-electron chi connectivity index (χ1n) is 9.41. The first kappa shape index (κ1) is 16.4. The van der Waals surface area contributed by atoms with E-state index < -0.39 is 12.5 Å². The number of halogens is 2. The SMILES string of the molecule is CC(F)(F)Cn1cc2c(NC3CCCC45OCCC4CC35)ncnc2n1. The quantitative estimate of drug-likeness (QED) is 0.903. The lowest BCUT2D eigenvalue weighted by Crippen LogP contribution is -2.61. The summed E-state index contributed by atoms with van der Waals surface area (Å²) in [4.78, 5) is 8.51. The predicted octanol–water partition coefficient (Wildman–Crippen LogP) is 3.24. The summed E-state index contributed by atoms with van der Waals surface area (Å²) >= 11 is 0. The molecule has 3 fully saturated rings. The molecular weight excluding hydrogens is 340 g/mol. The zero-order valence-corrected chi connectivity index (χ0v) is 14.8. The maximum Gasteiger partial charge on any atom is 0.264 e. The van der Waals surface area contributed by atoms with E-state index in [2.05, 4.69) is 20.4 Å². The lowest BCUT2D eigenvalue weighted by atomic mass is 9.53. The lowest BCUT2D eigenvalue weighted by Gasteiger charge is -2.57. The predicted molar refractivity (Wildman–Crippen MR) is 92.1 cm³/mol. The second kappa shape index (κ2) is 5.58. The van der Waals surface area contributed by atoms with Gasteiger partial charge in [-0.15, -0.1) is 0 Å². The van der Waals surface area contributed by atoms with Crippen molar-refractivity contribution in [3.8, 4) is 0 Å². The van der Waals surface area contributed by atoms with Gasteiger partial charge in [-0.2, -0.15) is 5.10 Å². The van der Waals surface area contributed by atoms with Crippen LogP contribution in [0.1, 0.15) is 39.0 Å². The van der Waals surface area contributed by atoms with Crippen LogP contribution in [-0.4, -0.2) is 43.9 Å². The lowest BCUT2D eigenvalue weighted by molar-refractivity contribution is -0.160. The van der Waals surface area contributed by atoms with E-state index in [1.165, 1.54) is 23.9 Å². The van der Waals surface area contributed by atoms with Crippen LogP contribution >= 0.6 is 0 Å². The molecule has 2 aromatic rings.